The Hall–Kier alpha value is -0.240. The molecular weight excluding hydrogens is 168 g/mol. The van der Waals surface area contributed by atoms with Gasteiger partial charge in [-0.25, -0.2) is 0 Å². The topological polar surface area (TPSA) is 121 Å². The van der Waals surface area contributed by atoms with Gasteiger partial charge in [-0.2, -0.15) is 0 Å². The third kappa shape index (κ3) is 1.45. The molecule has 0 aromatic carbocycles. The van der Waals surface area contributed by atoms with Crippen LogP contribution in [0.15, 0.2) is 0 Å². The monoisotopic (exact) mass is 180 g/mol. The van der Waals surface area contributed by atoms with E-state index in [2.05, 4.69) is 0 Å². The normalized spacial score (nSPS) is 47.5. The van der Waals surface area contributed by atoms with Crippen LogP contribution in [0.25, 0.3) is 0 Å². The minimum atomic E-state index is -2.54. The summed E-state index contributed by atoms with van der Waals surface area (Å²) in [5, 5.41) is 53.8. The van der Waals surface area contributed by atoms with E-state index in [-0.39, 0.29) is 0 Å². The first-order valence-corrected chi connectivity index (χ1v) is 3.53. The van der Waals surface area contributed by atoms with Crippen molar-refractivity contribution in [1.82, 2.24) is 0 Å². The van der Waals surface area contributed by atoms with Crippen molar-refractivity contribution in [2.75, 3.05) is 0 Å². The molecule has 0 bridgehead atoms. The molecule has 0 spiro atoms. The quantitative estimate of drug-likeness (QED) is 0.215. The number of aliphatic hydroxyl groups is 6. The fourth-order valence-corrected chi connectivity index (χ4v) is 1.24. The summed E-state index contributed by atoms with van der Waals surface area (Å²) in [6, 6.07) is 0. The van der Waals surface area contributed by atoms with E-state index in [1.165, 1.54) is 0 Å². The Morgan fingerprint density at radius 3 is 1.92 bits per heavy atom. The van der Waals surface area contributed by atoms with Crippen LogP contribution in [-0.4, -0.2) is 60.8 Å². The van der Waals surface area contributed by atoms with Gasteiger partial charge in [-0.05, 0) is 0 Å². The van der Waals surface area contributed by atoms with E-state index in [1.807, 2.05) is 0 Å². The van der Waals surface area contributed by atoms with Gasteiger partial charge in [0.2, 0.25) is 0 Å². The van der Waals surface area contributed by atoms with E-state index in [0.717, 1.165) is 0 Å². The molecule has 1 aliphatic carbocycles. The van der Waals surface area contributed by atoms with Crippen LogP contribution in [0, 0.1) is 0 Å². The molecule has 0 aromatic rings. The molecule has 4 atom stereocenters. The lowest BCUT2D eigenvalue weighted by atomic mass is 9.85. The van der Waals surface area contributed by atoms with Crippen molar-refractivity contribution >= 4 is 0 Å². The molecule has 0 heterocycles. The Labute approximate surface area is 68.3 Å². The average Bonchev–Trinajstić information content (AvgIpc) is 1.97. The number of rotatable bonds is 0. The van der Waals surface area contributed by atoms with Crippen LogP contribution >= 0.6 is 0 Å². The molecule has 6 nitrogen and oxygen atoms in total. The maximum atomic E-state index is 8.98. The van der Waals surface area contributed by atoms with Gasteiger partial charge in [-0.1, -0.05) is 0 Å². The molecule has 1 rings (SSSR count). The summed E-state index contributed by atoms with van der Waals surface area (Å²) in [5.41, 5.74) is 0. The van der Waals surface area contributed by atoms with Crippen LogP contribution in [0.4, 0.5) is 0 Å². The van der Waals surface area contributed by atoms with Crippen LogP contribution < -0.4 is 0 Å². The molecule has 1 aliphatic rings. The Balaban J connectivity index is 2.78. The maximum Gasteiger partial charge on any atom is 0.194 e. The second kappa shape index (κ2) is 2.91. The number of aliphatic hydroxyl groups excluding tert-OH is 4. The van der Waals surface area contributed by atoms with E-state index in [9.17, 15) is 0 Å². The van der Waals surface area contributed by atoms with Crippen molar-refractivity contribution < 1.29 is 30.6 Å². The van der Waals surface area contributed by atoms with Gasteiger partial charge in [-0.15, -0.1) is 0 Å². The van der Waals surface area contributed by atoms with Gasteiger partial charge in [0.15, 0.2) is 5.79 Å². The summed E-state index contributed by atoms with van der Waals surface area (Å²) in [7, 11) is 0. The Bertz CT molecular complexity index is 169. The molecule has 6 heteroatoms. The van der Waals surface area contributed by atoms with Crippen molar-refractivity contribution in [3.8, 4) is 0 Å². The van der Waals surface area contributed by atoms with Crippen LogP contribution in [0.2, 0.25) is 0 Å². The van der Waals surface area contributed by atoms with Crippen LogP contribution in [0.1, 0.15) is 6.42 Å². The number of hydrogen-bond acceptors (Lipinski definition) is 6. The van der Waals surface area contributed by atoms with Gasteiger partial charge in [0, 0.05) is 6.42 Å². The van der Waals surface area contributed by atoms with Crippen LogP contribution in [0.5, 0.6) is 0 Å². The van der Waals surface area contributed by atoms with E-state index in [1.54, 1.807) is 0 Å². The van der Waals surface area contributed by atoms with Crippen LogP contribution in [0.3, 0.4) is 0 Å². The third-order valence-electron chi connectivity index (χ3n) is 2.05. The average molecular weight is 180 g/mol. The number of hydrogen-bond donors (Lipinski definition) is 6. The maximum absolute atomic E-state index is 8.98. The zero-order valence-corrected chi connectivity index (χ0v) is 6.20. The molecule has 1 fully saturated rings. The molecule has 1 saturated carbocycles. The minimum absolute atomic E-state index is 0.591. The van der Waals surface area contributed by atoms with Crippen molar-refractivity contribution in [3.05, 3.63) is 0 Å². The highest BCUT2D eigenvalue weighted by atomic mass is 16.5. The lowest BCUT2D eigenvalue weighted by Gasteiger charge is -2.40. The SMILES string of the molecule is O[C@@H]1[C@H](O)[C@H](O)CC(O)(O)[C@H]1O. The Kier molecular flexibility index (Phi) is 2.39. The molecule has 0 saturated heterocycles. The van der Waals surface area contributed by atoms with Gasteiger partial charge in [0.05, 0.1) is 6.10 Å². The van der Waals surface area contributed by atoms with Gasteiger partial charge in [-0.3, -0.25) is 0 Å². The van der Waals surface area contributed by atoms with Gasteiger partial charge < -0.3 is 30.6 Å². The highest BCUT2D eigenvalue weighted by molar-refractivity contribution is 4.96. The standard InChI is InChI=1S/C6H12O6/c7-2-1-6(11,12)5(10)4(9)3(2)8/h2-5,7-12H,1H2/t2-,3-,4-,5+/m1/s1. The second-order valence-corrected chi connectivity index (χ2v) is 3.08. The Morgan fingerprint density at radius 1 is 0.917 bits per heavy atom. The predicted molar refractivity (Wildman–Crippen MR) is 35.8 cm³/mol. The Morgan fingerprint density at radius 2 is 1.42 bits per heavy atom. The van der Waals surface area contributed by atoms with Crippen molar-refractivity contribution in [2.45, 2.75) is 36.6 Å². The molecule has 0 radical (unpaired) electrons. The molecular formula is C6H12O6. The first-order chi connectivity index (χ1) is 5.36. The molecule has 0 aromatic heterocycles. The van der Waals surface area contributed by atoms with E-state index < -0.39 is 36.6 Å². The molecule has 0 unspecified atom stereocenters. The summed E-state index contributed by atoms with van der Waals surface area (Å²) in [6.07, 6.45) is -7.20. The van der Waals surface area contributed by atoms with E-state index in [0.29, 0.717) is 0 Å². The summed E-state index contributed by atoms with van der Waals surface area (Å²) in [5.74, 6) is -2.54. The summed E-state index contributed by atoms with van der Waals surface area (Å²) >= 11 is 0. The first-order valence-electron chi connectivity index (χ1n) is 3.53. The molecule has 12 heavy (non-hydrogen) atoms. The van der Waals surface area contributed by atoms with E-state index in [4.69, 9.17) is 30.6 Å². The lowest BCUT2D eigenvalue weighted by Crippen LogP contribution is -2.62. The van der Waals surface area contributed by atoms with Crippen molar-refractivity contribution in [1.29, 1.82) is 0 Å². The van der Waals surface area contributed by atoms with Gasteiger partial charge in [0.1, 0.15) is 18.3 Å². The van der Waals surface area contributed by atoms with Crippen LogP contribution in [-0.2, 0) is 0 Å². The smallest absolute Gasteiger partial charge is 0.194 e. The highest BCUT2D eigenvalue weighted by Gasteiger charge is 2.50. The predicted octanol–water partition coefficient (Wildman–Crippen LogP) is -3.49. The highest BCUT2D eigenvalue weighted by Crippen LogP contribution is 2.27. The third-order valence-corrected chi connectivity index (χ3v) is 2.05. The summed E-state index contributed by atoms with van der Waals surface area (Å²) in [4.78, 5) is 0. The van der Waals surface area contributed by atoms with Gasteiger partial charge in [0.25, 0.3) is 0 Å². The van der Waals surface area contributed by atoms with Crippen molar-refractivity contribution in [3.63, 3.8) is 0 Å². The fraction of sp³-hybridized carbons (Fsp3) is 1.00. The van der Waals surface area contributed by atoms with Gasteiger partial charge >= 0.3 is 0 Å². The lowest BCUT2D eigenvalue weighted by molar-refractivity contribution is -0.300. The first kappa shape index (κ1) is 9.85. The minimum Gasteiger partial charge on any atom is -0.390 e. The largest absolute Gasteiger partial charge is 0.390 e. The zero-order valence-electron chi connectivity index (χ0n) is 6.20. The molecule has 6 N–H and O–H groups in total. The second-order valence-electron chi connectivity index (χ2n) is 3.08. The van der Waals surface area contributed by atoms with E-state index >= 15 is 0 Å². The summed E-state index contributed by atoms with van der Waals surface area (Å²) in [6.45, 7) is 0. The molecule has 72 valence electrons. The van der Waals surface area contributed by atoms with Crippen molar-refractivity contribution in [2.24, 2.45) is 0 Å². The summed E-state index contributed by atoms with van der Waals surface area (Å²) < 4.78 is 0. The molecule has 0 amide bonds. The fourth-order valence-electron chi connectivity index (χ4n) is 1.24. The zero-order chi connectivity index (χ0) is 9.52. The molecule has 0 aliphatic heterocycles.